The van der Waals surface area contributed by atoms with Crippen LogP contribution in [-0.2, 0) is 9.53 Å². The molecule has 0 saturated carbocycles. The van der Waals surface area contributed by atoms with E-state index in [4.69, 9.17) is 4.74 Å². The molecule has 58 valence electrons. The molecule has 0 spiro atoms. The first-order valence-corrected chi connectivity index (χ1v) is 3.72. The molecular weight excluding hydrogens is 140 g/mol. The Morgan fingerprint density at radius 3 is 3.09 bits per heavy atom. The summed E-state index contributed by atoms with van der Waals surface area (Å²) in [6.45, 7) is 2.06. The Balaban J connectivity index is 2.40. The Morgan fingerprint density at radius 1 is 1.73 bits per heavy atom. The van der Waals surface area contributed by atoms with Crippen LogP contribution in [0.5, 0.6) is 0 Å². The van der Waals surface area contributed by atoms with Crippen LogP contribution in [0.15, 0.2) is 11.8 Å². The first-order chi connectivity index (χ1) is 5.33. The quantitative estimate of drug-likeness (QED) is 0.419. The summed E-state index contributed by atoms with van der Waals surface area (Å²) in [4.78, 5) is 10.5. The van der Waals surface area contributed by atoms with Gasteiger partial charge >= 0.3 is 5.97 Å². The van der Waals surface area contributed by atoms with Gasteiger partial charge in [0.2, 0.25) is 0 Å². The zero-order valence-electron chi connectivity index (χ0n) is 6.52. The van der Waals surface area contributed by atoms with Crippen LogP contribution in [0.1, 0.15) is 26.2 Å². The Hall–Kier alpha value is -1.23. The lowest BCUT2D eigenvalue weighted by Gasteiger charge is -1.88. The molecule has 0 N–H and O–H groups in total. The number of carbonyl (C=O) groups is 1. The van der Waals surface area contributed by atoms with Gasteiger partial charge in [-0.2, -0.15) is 0 Å². The van der Waals surface area contributed by atoms with Crippen LogP contribution >= 0.6 is 0 Å². The molecule has 2 heteroatoms. The number of cyclic esters (lactones) is 1. The maximum atomic E-state index is 10.5. The third kappa shape index (κ3) is 2.46. The van der Waals surface area contributed by atoms with E-state index >= 15 is 0 Å². The molecule has 0 aliphatic carbocycles. The van der Waals surface area contributed by atoms with E-state index in [0.29, 0.717) is 12.2 Å². The van der Waals surface area contributed by atoms with Gasteiger partial charge in [0.05, 0.1) is 6.42 Å². The molecule has 0 saturated heterocycles. The maximum Gasteiger partial charge on any atom is 0.315 e. The topological polar surface area (TPSA) is 26.3 Å². The van der Waals surface area contributed by atoms with Crippen molar-refractivity contribution in [1.82, 2.24) is 0 Å². The number of unbranched alkanes of at least 4 members (excludes halogenated alkanes) is 1. The van der Waals surface area contributed by atoms with Crippen molar-refractivity contribution in [1.29, 1.82) is 0 Å². The molecule has 0 aromatic rings. The van der Waals surface area contributed by atoms with E-state index in [1.807, 2.05) is 0 Å². The molecule has 0 bridgehead atoms. The molecule has 1 heterocycles. The van der Waals surface area contributed by atoms with Gasteiger partial charge in [0.15, 0.2) is 5.76 Å². The molecule has 0 atom stereocenters. The predicted octanol–water partition coefficient (Wildman–Crippen LogP) is 1.62. The standard InChI is InChI=1S/C9H10O2/c1-2-3-4-5-8-6-7-9(10)11-8/h6H,2-3,7H2,1H3. The number of esters is 1. The second kappa shape index (κ2) is 3.82. The predicted molar refractivity (Wildman–Crippen MR) is 41.5 cm³/mol. The SMILES string of the molecule is CCCC#CC1=CCC(=O)O1. The summed E-state index contributed by atoms with van der Waals surface area (Å²) >= 11 is 0. The number of hydrogen-bond donors (Lipinski definition) is 0. The van der Waals surface area contributed by atoms with Crippen molar-refractivity contribution >= 4 is 5.97 Å². The summed E-state index contributed by atoms with van der Waals surface area (Å²) in [6.07, 6.45) is 3.98. The van der Waals surface area contributed by atoms with Crippen LogP contribution in [0.2, 0.25) is 0 Å². The summed E-state index contributed by atoms with van der Waals surface area (Å²) in [6, 6.07) is 0. The first kappa shape index (κ1) is 7.87. The van der Waals surface area contributed by atoms with Crippen molar-refractivity contribution < 1.29 is 9.53 Å². The lowest BCUT2D eigenvalue weighted by atomic mass is 10.3. The van der Waals surface area contributed by atoms with Crippen LogP contribution in [-0.4, -0.2) is 5.97 Å². The second-order valence-corrected chi connectivity index (χ2v) is 2.30. The van der Waals surface area contributed by atoms with E-state index in [0.717, 1.165) is 12.8 Å². The van der Waals surface area contributed by atoms with Gasteiger partial charge in [-0.3, -0.25) is 4.79 Å². The van der Waals surface area contributed by atoms with Gasteiger partial charge < -0.3 is 4.74 Å². The maximum absolute atomic E-state index is 10.5. The van der Waals surface area contributed by atoms with E-state index in [2.05, 4.69) is 18.8 Å². The van der Waals surface area contributed by atoms with Crippen molar-refractivity contribution in [3.8, 4) is 11.8 Å². The lowest BCUT2D eigenvalue weighted by Crippen LogP contribution is -1.91. The molecule has 1 rings (SSSR count). The third-order valence-corrected chi connectivity index (χ3v) is 1.26. The molecule has 11 heavy (non-hydrogen) atoms. The van der Waals surface area contributed by atoms with Gasteiger partial charge in [0.25, 0.3) is 0 Å². The average molecular weight is 150 g/mol. The van der Waals surface area contributed by atoms with Gasteiger partial charge in [0.1, 0.15) is 0 Å². The molecule has 1 aliphatic rings. The van der Waals surface area contributed by atoms with Gasteiger partial charge in [0, 0.05) is 6.42 Å². The van der Waals surface area contributed by atoms with Crippen molar-refractivity contribution in [2.75, 3.05) is 0 Å². The molecule has 2 nitrogen and oxygen atoms in total. The van der Waals surface area contributed by atoms with E-state index < -0.39 is 0 Å². The number of ether oxygens (including phenoxy) is 1. The second-order valence-electron chi connectivity index (χ2n) is 2.30. The normalized spacial score (nSPS) is 15.0. The Kier molecular flexibility index (Phi) is 2.74. The monoisotopic (exact) mass is 150 g/mol. The summed E-state index contributed by atoms with van der Waals surface area (Å²) in [7, 11) is 0. The molecule has 0 unspecified atom stereocenters. The first-order valence-electron chi connectivity index (χ1n) is 3.72. The lowest BCUT2D eigenvalue weighted by molar-refractivity contribution is -0.136. The van der Waals surface area contributed by atoms with Crippen molar-refractivity contribution in [2.24, 2.45) is 0 Å². The van der Waals surface area contributed by atoms with Crippen LogP contribution in [0.4, 0.5) is 0 Å². The average Bonchev–Trinajstić information content (AvgIpc) is 2.37. The molecular formula is C9H10O2. The van der Waals surface area contributed by atoms with Crippen LogP contribution in [0.3, 0.4) is 0 Å². The smallest absolute Gasteiger partial charge is 0.315 e. The highest BCUT2D eigenvalue weighted by Crippen LogP contribution is 2.08. The van der Waals surface area contributed by atoms with Crippen LogP contribution in [0.25, 0.3) is 0 Å². The highest BCUT2D eigenvalue weighted by molar-refractivity contribution is 5.76. The number of rotatable bonds is 1. The zero-order chi connectivity index (χ0) is 8.10. The molecule has 0 aromatic heterocycles. The minimum absolute atomic E-state index is 0.203. The molecule has 0 aromatic carbocycles. The highest BCUT2D eigenvalue weighted by Gasteiger charge is 2.10. The Bertz CT molecular complexity index is 240. The summed E-state index contributed by atoms with van der Waals surface area (Å²) < 4.78 is 4.76. The Labute approximate surface area is 66.2 Å². The van der Waals surface area contributed by atoms with E-state index in [-0.39, 0.29) is 5.97 Å². The minimum Gasteiger partial charge on any atom is -0.417 e. The zero-order valence-corrected chi connectivity index (χ0v) is 6.52. The van der Waals surface area contributed by atoms with E-state index in [9.17, 15) is 4.79 Å². The number of hydrogen-bond acceptors (Lipinski definition) is 2. The van der Waals surface area contributed by atoms with Gasteiger partial charge in [-0.1, -0.05) is 12.8 Å². The highest BCUT2D eigenvalue weighted by atomic mass is 16.5. The fourth-order valence-electron chi connectivity index (χ4n) is 0.733. The van der Waals surface area contributed by atoms with Crippen LogP contribution < -0.4 is 0 Å². The largest absolute Gasteiger partial charge is 0.417 e. The van der Waals surface area contributed by atoms with E-state index in [1.54, 1.807) is 6.08 Å². The van der Waals surface area contributed by atoms with Gasteiger partial charge in [-0.05, 0) is 18.4 Å². The van der Waals surface area contributed by atoms with Crippen LogP contribution in [0, 0.1) is 11.8 Å². The number of allylic oxidation sites excluding steroid dienone is 1. The van der Waals surface area contributed by atoms with Gasteiger partial charge in [-0.15, -0.1) is 0 Å². The van der Waals surface area contributed by atoms with Crippen molar-refractivity contribution in [3.63, 3.8) is 0 Å². The fourth-order valence-corrected chi connectivity index (χ4v) is 0.733. The molecule has 0 radical (unpaired) electrons. The van der Waals surface area contributed by atoms with Gasteiger partial charge in [-0.25, -0.2) is 0 Å². The van der Waals surface area contributed by atoms with Crippen molar-refractivity contribution in [2.45, 2.75) is 26.2 Å². The molecule has 0 fully saturated rings. The number of carbonyl (C=O) groups excluding carboxylic acids is 1. The fraction of sp³-hybridized carbons (Fsp3) is 0.444. The minimum atomic E-state index is -0.203. The van der Waals surface area contributed by atoms with E-state index in [1.165, 1.54) is 0 Å². The molecule has 0 amide bonds. The van der Waals surface area contributed by atoms with Crippen molar-refractivity contribution in [3.05, 3.63) is 11.8 Å². The summed E-state index contributed by atoms with van der Waals surface area (Å²) in [5.41, 5.74) is 0. The molecule has 1 aliphatic heterocycles. The third-order valence-electron chi connectivity index (χ3n) is 1.26. The summed E-state index contributed by atoms with van der Waals surface area (Å²) in [5, 5.41) is 0. The Morgan fingerprint density at radius 2 is 2.55 bits per heavy atom. The summed E-state index contributed by atoms with van der Waals surface area (Å²) in [5.74, 6) is 6.00.